The van der Waals surface area contributed by atoms with Gasteiger partial charge in [0.05, 0.1) is 5.69 Å². The van der Waals surface area contributed by atoms with Crippen molar-refractivity contribution in [3.63, 3.8) is 0 Å². The maximum Gasteiger partial charge on any atom is 0.180 e. The monoisotopic (exact) mass is 466 g/mol. The fourth-order valence-electron chi connectivity index (χ4n) is 5.54. The van der Waals surface area contributed by atoms with E-state index in [1.807, 2.05) is 18.2 Å². The van der Waals surface area contributed by atoms with E-state index in [9.17, 15) is 4.79 Å². The second-order valence-corrected chi connectivity index (χ2v) is 10.9. The highest BCUT2D eigenvalue weighted by Crippen LogP contribution is 2.34. The van der Waals surface area contributed by atoms with Gasteiger partial charge in [0, 0.05) is 29.7 Å². The van der Waals surface area contributed by atoms with Gasteiger partial charge in [-0.25, -0.2) is 4.98 Å². The molecule has 1 saturated carbocycles. The van der Waals surface area contributed by atoms with E-state index in [0.717, 1.165) is 29.5 Å². The molecule has 0 amide bonds. The SMILES string of the molecule is CCCN(CCC1CCC(CC(=O)C=Cc2cccnc2)CC1)C1CCc2nc(N)sc2C1. The summed E-state index contributed by atoms with van der Waals surface area (Å²) in [6.07, 6.45) is 18.7. The molecular weight excluding hydrogens is 428 g/mol. The van der Waals surface area contributed by atoms with Crippen LogP contribution in [0.5, 0.6) is 0 Å². The number of thiazole rings is 1. The molecule has 178 valence electrons. The Labute approximate surface area is 202 Å². The van der Waals surface area contributed by atoms with Crippen molar-refractivity contribution in [1.82, 2.24) is 14.9 Å². The number of nitrogens with two attached hydrogens (primary N) is 1. The lowest BCUT2D eigenvalue weighted by Crippen LogP contribution is -2.41. The van der Waals surface area contributed by atoms with Gasteiger partial charge in [-0.3, -0.25) is 9.78 Å². The van der Waals surface area contributed by atoms with E-state index in [1.165, 1.54) is 68.6 Å². The molecule has 1 fully saturated rings. The molecule has 33 heavy (non-hydrogen) atoms. The first kappa shape index (κ1) is 24.1. The summed E-state index contributed by atoms with van der Waals surface area (Å²) in [7, 11) is 0. The van der Waals surface area contributed by atoms with E-state index in [2.05, 4.69) is 21.8 Å². The van der Waals surface area contributed by atoms with Crippen LogP contribution in [0, 0.1) is 11.8 Å². The van der Waals surface area contributed by atoms with Crippen LogP contribution in [0.25, 0.3) is 6.08 Å². The number of hydrogen-bond donors (Lipinski definition) is 1. The molecule has 0 radical (unpaired) electrons. The van der Waals surface area contributed by atoms with Crippen molar-refractivity contribution in [2.75, 3.05) is 18.8 Å². The number of ketones is 1. The zero-order valence-electron chi connectivity index (χ0n) is 19.9. The number of aromatic nitrogens is 2. The van der Waals surface area contributed by atoms with Gasteiger partial charge in [-0.1, -0.05) is 25.8 Å². The van der Waals surface area contributed by atoms with Crippen molar-refractivity contribution >= 4 is 28.3 Å². The van der Waals surface area contributed by atoms with Crippen LogP contribution in [0.1, 0.15) is 74.4 Å². The zero-order valence-corrected chi connectivity index (χ0v) is 20.7. The first-order valence-corrected chi connectivity index (χ1v) is 13.5. The van der Waals surface area contributed by atoms with Crippen molar-refractivity contribution in [3.8, 4) is 0 Å². The maximum atomic E-state index is 12.4. The Balaban J connectivity index is 1.19. The van der Waals surface area contributed by atoms with Crippen molar-refractivity contribution in [2.45, 2.75) is 77.2 Å². The Morgan fingerprint density at radius 2 is 2.03 bits per heavy atom. The Kier molecular flexibility index (Phi) is 8.68. The molecule has 0 aliphatic heterocycles. The molecule has 6 heteroatoms. The number of allylic oxidation sites excluding steroid dienone is 1. The smallest absolute Gasteiger partial charge is 0.180 e. The normalized spacial score (nSPS) is 23.2. The van der Waals surface area contributed by atoms with Gasteiger partial charge < -0.3 is 10.6 Å². The minimum Gasteiger partial charge on any atom is -0.375 e. The van der Waals surface area contributed by atoms with Crippen LogP contribution in [-0.2, 0) is 17.6 Å². The third-order valence-corrected chi connectivity index (χ3v) is 8.33. The number of hydrogen-bond acceptors (Lipinski definition) is 6. The minimum absolute atomic E-state index is 0.247. The molecule has 1 atom stereocenters. The number of aryl methyl sites for hydroxylation is 1. The average molecular weight is 467 g/mol. The third-order valence-electron chi connectivity index (χ3n) is 7.38. The molecule has 0 bridgehead atoms. The summed E-state index contributed by atoms with van der Waals surface area (Å²) in [5, 5.41) is 0.727. The van der Waals surface area contributed by atoms with Gasteiger partial charge >= 0.3 is 0 Å². The number of anilines is 1. The lowest BCUT2D eigenvalue weighted by atomic mass is 9.78. The second kappa shape index (κ2) is 11.9. The fraction of sp³-hybridized carbons (Fsp3) is 0.593. The van der Waals surface area contributed by atoms with Gasteiger partial charge in [-0.2, -0.15) is 0 Å². The van der Waals surface area contributed by atoms with Crippen molar-refractivity contribution in [2.24, 2.45) is 11.8 Å². The lowest BCUT2D eigenvalue weighted by molar-refractivity contribution is -0.115. The summed E-state index contributed by atoms with van der Waals surface area (Å²) in [5.41, 5.74) is 8.18. The molecule has 2 aliphatic rings. The van der Waals surface area contributed by atoms with E-state index in [0.29, 0.717) is 18.4 Å². The number of nitrogens with zero attached hydrogens (tertiary/aromatic N) is 3. The highest BCUT2D eigenvalue weighted by molar-refractivity contribution is 7.15. The number of pyridine rings is 1. The van der Waals surface area contributed by atoms with Gasteiger partial charge in [0.2, 0.25) is 0 Å². The van der Waals surface area contributed by atoms with Crippen LogP contribution < -0.4 is 5.73 Å². The summed E-state index contributed by atoms with van der Waals surface area (Å²) in [4.78, 5) is 25.1. The molecule has 0 aromatic carbocycles. The quantitative estimate of drug-likeness (QED) is 0.464. The van der Waals surface area contributed by atoms with Crippen LogP contribution >= 0.6 is 11.3 Å². The van der Waals surface area contributed by atoms with Gasteiger partial charge in [0.15, 0.2) is 10.9 Å². The van der Waals surface area contributed by atoms with Crippen LogP contribution in [0.3, 0.4) is 0 Å². The summed E-state index contributed by atoms with van der Waals surface area (Å²) in [6, 6.07) is 4.51. The van der Waals surface area contributed by atoms with E-state index >= 15 is 0 Å². The maximum absolute atomic E-state index is 12.4. The molecular formula is C27H38N4OS. The van der Waals surface area contributed by atoms with Crippen molar-refractivity contribution in [3.05, 3.63) is 46.7 Å². The average Bonchev–Trinajstić information content (AvgIpc) is 3.21. The number of rotatable bonds is 10. The molecule has 2 aromatic rings. The third kappa shape index (κ3) is 6.97. The summed E-state index contributed by atoms with van der Waals surface area (Å²) >= 11 is 1.69. The lowest BCUT2D eigenvalue weighted by Gasteiger charge is -2.36. The molecule has 0 saturated heterocycles. The standard InChI is InChI=1S/C27H38N4OS/c1-2-15-31(23-10-12-25-26(18-23)33-27(28)30-25)16-13-20-5-7-21(8-6-20)17-24(32)11-9-22-4-3-14-29-19-22/h3-4,9,11,14,19-21,23H,2,5-8,10,12-13,15-18H2,1H3,(H2,28,30). The van der Waals surface area contributed by atoms with Crippen LogP contribution in [-0.4, -0.2) is 39.8 Å². The largest absolute Gasteiger partial charge is 0.375 e. The van der Waals surface area contributed by atoms with E-state index in [-0.39, 0.29) is 5.78 Å². The topological polar surface area (TPSA) is 72.1 Å². The molecule has 0 spiro atoms. The zero-order chi connectivity index (χ0) is 23.0. The van der Waals surface area contributed by atoms with Crippen molar-refractivity contribution in [1.29, 1.82) is 0 Å². The molecule has 2 heterocycles. The molecule has 2 aromatic heterocycles. The Hall–Kier alpha value is -2.05. The number of carbonyl (C=O) groups is 1. The van der Waals surface area contributed by atoms with E-state index < -0.39 is 0 Å². The molecule has 1 unspecified atom stereocenters. The highest BCUT2D eigenvalue weighted by atomic mass is 32.1. The first-order chi connectivity index (χ1) is 16.1. The minimum atomic E-state index is 0.247. The van der Waals surface area contributed by atoms with Gasteiger partial charge in [0.25, 0.3) is 0 Å². The fourth-order valence-corrected chi connectivity index (χ4v) is 6.49. The molecule has 2 aliphatic carbocycles. The number of fused-ring (bicyclic) bond motifs is 1. The Bertz CT molecular complexity index is 917. The number of carbonyl (C=O) groups excluding carboxylic acids is 1. The predicted octanol–water partition coefficient (Wildman–Crippen LogP) is 5.56. The highest BCUT2D eigenvalue weighted by Gasteiger charge is 2.28. The Morgan fingerprint density at radius 3 is 2.79 bits per heavy atom. The molecule has 2 N–H and O–H groups in total. The van der Waals surface area contributed by atoms with Gasteiger partial charge in [-0.05, 0) is 93.7 Å². The predicted molar refractivity (Wildman–Crippen MR) is 137 cm³/mol. The summed E-state index contributed by atoms with van der Waals surface area (Å²) < 4.78 is 0. The number of nitrogen functional groups attached to an aromatic ring is 1. The first-order valence-electron chi connectivity index (χ1n) is 12.7. The van der Waals surface area contributed by atoms with Crippen LogP contribution in [0.4, 0.5) is 5.13 Å². The second-order valence-electron chi connectivity index (χ2n) is 9.82. The molecule has 4 rings (SSSR count). The van der Waals surface area contributed by atoms with Gasteiger partial charge in [0.1, 0.15) is 0 Å². The van der Waals surface area contributed by atoms with Crippen LogP contribution in [0.15, 0.2) is 30.6 Å². The van der Waals surface area contributed by atoms with Crippen molar-refractivity contribution < 1.29 is 4.79 Å². The van der Waals surface area contributed by atoms with Gasteiger partial charge in [-0.15, -0.1) is 11.3 Å². The molecule has 5 nitrogen and oxygen atoms in total. The van der Waals surface area contributed by atoms with E-state index in [4.69, 9.17) is 5.73 Å². The summed E-state index contributed by atoms with van der Waals surface area (Å²) in [5.74, 6) is 1.60. The Morgan fingerprint density at radius 1 is 1.21 bits per heavy atom. The summed E-state index contributed by atoms with van der Waals surface area (Å²) in [6.45, 7) is 4.67. The van der Waals surface area contributed by atoms with E-state index in [1.54, 1.807) is 29.8 Å². The van der Waals surface area contributed by atoms with Crippen LogP contribution in [0.2, 0.25) is 0 Å².